The molecule has 1 atom stereocenters. The van der Waals surface area contributed by atoms with Gasteiger partial charge in [-0.3, -0.25) is 9.59 Å². The topological polar surface area (TPSA) is 139 Å². The van der Waals surface area contributed by atoms with Gasteiger partial charge in [-0.15, -0.1) is 13.2 Å². The van der Waals surface area contributed by atoms with E-state index < -0.39 is 29.5 Å². The lowest BCUT2D eigenvalue weighted by molar-refractivity contribution is -0.274. The van der Waals surface area contributed by atoms with Crippen LogP contribution in [-0.2, 0) is 5.41 Å². The van der Waals surface area contributed by atoms with Crippen molar-refractivity contribution in [1.82, 2.24) is 34.9 Å². The summed E-state index contributed by atoms with van der Waals surface area (Å²) >= 11 is 0. The molecular formula is C23H21F3N8O3. The molecule has 14 heteroatoms. The Bertz CT molecular complexity index is 1390. The van der Waals surface area contributed by atoms with Crippen LogP contribution >= 0.6 is 0 Å². The van der Waals surface area contributed by atoms with E-state index in [1.54, 1.807) is 21.0 Å². The quantitative estimate of drug-likeness (QED) is 0.508. The number of ether oxygens (including phenoxy) is 1. The van der Waals surface area contributed by atoms with Gasteiger partial charge in [0.25, 0.3) is 11.8 Å². The van der Waals surface area contributed by atoms with Crippen LogP contribution in [0.1, 0.15) is 58.0 Å². The predicted octanol–water partition coefficient (Wildman–Crippen LogP) is 2.70. The minimum atomic E-state index is -4.97. The first-order valence-corrected chi connectivity index (χ1v) is 11.0. The fourth-order valence-corrected chi connectivity index (χ4v) is 3.66. The molecule has 2 aromatic heterocycles. The second-order valence-corrected chi connectivity index (χ2v) is 8.67. The highest BCUT2D eigenvalue weighted by molar-refractivity contribution is 5.95. The largest absolute Gasteiger partial charge is 0.573 e. The first-order valence-electron chi connectivity index (χ1n) is 11.0. The molecule has 3 aromatic rings. The van der Waals surface area contributed by atoms with E-state index in [9.17, 15) is 28.0 Å². The van der Waals surface area contributed by atoms with Gasteiger partial charge in [-0.25, -0.2) is 15.0 Å². The van der Waals surface area contributed by atoms with Gasteiger partial charge in [0.15, 0.2) is 11.6 Å². The Morgan fingerprint density at radius 3 is 2.51 bits per heavy atom. The lowest BCUT2D eigenvalue weighted by Crippen LogP contribution is -2.29. The minimum absolute atomic E-state index is 0.114. The third-order valence-electron chi connectivity index (χ3n) is 5.72. The van der Waals surface area contributed by atoms with E-state index in [1.807, 2.05) is 0 Å². The average Bonchev–Trinajstić information content (AvgIpc) is 3.49. The Morgan fingerprint density at radius 2 is 1.89 bits per heavy atom. The number of alkyl halides is 3. The molecule has 0 spiro atoms. The summed E-state index contributed by atoms with van der Waals surface area (Å²) in [5.74, 6) is -1.19. The Morgan fingerprint density at radius 1 is 1.16 bits per heavy atom. The van der Waals surface area contributed by atoms with Gasteiger partial charge in [0.1, 0.15) is 24.1 Å². The monoisotopic (exact) mass is 514 g/mol. The molecule has 2 heterocycles. The van der Waals surface area contributed by atoms with Crippen LogP contribution in [-0.4, -0.2) is 61.9 Å². The average molecular weight is 514 g/mol. The van der Waals surface area contributed by atoms with Gasteiger partial charge in [0.2, 0.25) is 0 Å². The Balaban J connectivity index is 1.60. The van der Waals surface area contributed by atoms with E-state index in [1.165, 1.54) is 34.4 Å². The van der Waals surface area contributed by atoms with Crippen molar-refractivity contribution in [3.63, 3.8) is 0 Å². The Kier molecular flexibility index (Phi) is 6.55. The highest BCUT2D eigenvalue weighted by atomic mass is 19.4. The zero-order valence-electron chi connectivity index (χ0n) is 19.9. The number of nitriles is 1. The van der Waals surface area contributed by atoms with E-state index in [2.05, 4.69) is 36.2 Å². The summed E-state index contributed by atoms with van der Waals surface area (Å²) in [6, 6.07) is 6.21. The number of rotatable bonds is 7. The summed E-state index contributed by atoms with van der Waals surface area (Å²) in [4.78, 5) is 38.9. The first kappa shape index (κ1) is 25.5. The zero-order chi connectivity index (χ0) is 27.0. The highest BCUT2D eigenvalue weighted by Crippen LogP contribution is 2.48. The SMILES string of the molecule is C[C@H](NC(=O)c1cc(OC(F)(F)F)cc(C2(C#N)CC2)c1)c1ncnn1-c1cc(C(=O)N(C)C)ncn1. The van der Waals surface area contributed by atoms with E-state index in [4.69, 9.17) is 0 Å². The molecule has 0 saturated heterocycles. The van der Waals surface area contributed by atoms with E-state index in [-0.39, 0.29) is 34.4 Å². The number of benzene rings is 1. The molecular weight excluding hydrogens is 493 g/mol. The number of hydrogen-bond acceptors (Lipinski definition) is 8. The molecule has 1 aliphatic rings. The second kappa shape index (κ2) is 9.49. The van der Waals surface area contributed by atoms with Crippen molar-refractivity contribution < 1.29 is 27.5 Å². The van der Waals surface area contributed by atoms with Crippen LogP contribution in [0.4, 0.5) is 13.2 Å². The summed E-state index contributed by atoms with van der Waals surface area (Å²) in [5.41, 5.74) is -0.664. The predicted molar refractivity (Wildman–Crippen MR) is 120 cm³/mol. The molecule has 0 aliphatic heterocycles. The minimum Gasteiger partial charge on any atom is -0.406 e. The molecule has 2 amide bonds. The fraction of sp³-hybridized carbons (Fsp3) is 0.348. The van der Waals surface area contributed by atoms with E-state index >= 15 is 0 Å². The molecule has 0 bridgehead atoms. The van der Waals surface area contributed by atoms with Gasteiger partial charge in [-0.1, -0.05) is 0 Å². The smallest absolute Gasteiger partial charge is 0.406 e. The highest BCUT2D eigenvalue weighted by Gasteiger charge is 2.46. The van der Waals surface area contributed by atoms with Gasteiger partial charge in [0.05, 0.1) is 17.5 Å². The van der Waals surface area contributed by atoms with E-state index in [0.29, 0.717) is 12.8 Å². The summed E-state index contributed by atoms with van der Waals surface area (Å²) in [6.45, 7) is 1.60. The summed E-state index contributed by atoms with van der Waals surface area (Å²) < 4.78 is 44.0. The fourth-order valence-electron chi connectivity index (χ4n) is 3.66. The molecule has 1 saturated carbocycles. The molecule has 192 valence electrons. The number of carbonyl (C=O) groups is 2. The molecule has 1 N–H and O–H groups in total. The van der Waals surface area contributed by atoms with E-state index in [0.717, 1.165) is 12.1 Å². The molecule has 4 rings (SSSR count). The summed E-state index contributed by atoms with van der Waals surface area (Å²) in [5, 5.41) is 16.3. The molecule has 1 aliphatic carbocycles. The number of aromatic nitrogens is 5. The van der Waals surface area contributed by atoms with Crippen LogP contribution in [0.2, 0.25) is 0 Å². The molecule has 1 fully saturated rings. The maximum Gasteiger partial charge on any atom is 0.573 e. The molecule has 0 unspecified atom stereocenters. The third-order valence-corrected chi connectivity index (χ3v) is 5.72. The van der Waals surface area contributed by atoms with Crippen LogP contribution in [0.5, 0.6) is 5.75 Å². The number of halogens is 3. The van der Waals surface area contributed by atoms with Crippen molar-refractivity contribution in [3.8, 4) is 17.6 Å². The van der Waals surface area contributed by atoms with Crippen LogP contribution in [0.25, 0.3) is 5.82 Å². The van der Waals surface area contributed by atoms with Crippen molar-refractivity contribution >= 4 is 11.8 Å². The van der Waals surface area contributed by atoms with Crippen LogP contribution in [0.15, 0.2) is 36.9 Å². The molecule has 37 heavy (non-hydrogen) atoms. The zero-order valence-corrected chi connectivity index (χ0v) is 19.9. The maximum atomic E-state index is 13.1. The van der Waals surface area contributed by atoms with Crippen LogP contribution in [0, 0.1) is 11.3 Å². The first-order chi connectivity index (χ1) is 17.4. The third kappa shape index (κ3) is 5.50. The number of nitrogens with one attached hydrogen (secondary N) is 1. The van der Waals surface area contributed by atoms with Crippen molar-refractivity contribution in [1.29, 1.82) is 5.26 Å². The Labute approximate surface area is 208 Å². The lowest BCUT2D eigenvalue weighted by Gasteiger charge is -2.17. The molecule has 0 radical (unpaired) electrons. The number of hydrogen-bond donors (Lipinski definition) is 1. The maximum absolute atomic E-state index is 13.1. The summed E-state index contributed by atoms with van der Waals surface area (Å²) in [7, 11) is 3.15. The standard InChI is InChI=1S/C23H21F3N8O3/c1-13(19-30-12-31-34(19)18-9-17(28-11-29-18)21(36)33(2)3)32-20(35)14-6-15(22(10-27)4-5-22)8-16(7-14)37-23(24,25)26/h6-9,11-13H,4-5H2,1-3H3,(H,32,35)/t13-/m0/s1. The van der Waals surface area contributed by atoms with Crippen molar-refractivity contribution in [2.24, 2.45) is 0 Å². The van der Waals surface area contributed by atoms with Crippen LogP contribution in [0.3, 0.4) is 0 Å². The normalized spacial score (nSPS) is 14.8. The van der Waals surface area contributed by atoms with Crippen LogP contribution < -0.4 is 10.1 Å². The van der Waals surface area contributed by atoms with Gasteiger partial charge < -0.3 is 15.0 Å². The number of nitrogens with zero attached hydrogens (tertiary/aromatic N) is 7. The second-order valence-electron chi connectivity index (χ2n) is 8.67. The Hall–Kier alpha value is -4.54. The lowest BCUT2D eigenvalue weighted by atomic mass is 9.95. The van der Waals surface area contributed by atoms with Gasteiger partial charge in [0, 0.05) is 25.7 Å². The van der Waals surface area contributed by atoms with Crippen molar-refractivity contribution in [2.75, 3.05) is 14.1 Å². The van der Waals surface area contributed by atoms with Gasteiger partial charge in [-0.2, -0.15) is 15.0 Å². The van der Waals surface area contributed by atoms with Crippen molar-refractivity contribution in [2.45, 2.75) is 37.6 Å². The molecule has 1 aromatic carbocycles. The number of amides is 2. The number of carbonyl (C=O) groups excluding carboxylic acids is 2. The van der Waals surface area contributed by atoms with Gasteiger partial charge >= 0.3 is 6.36 Å². The molecule has 11 nitrogen and oxygen atoms in total. The van der Waals surface area contributed by atoms with Crippen molar-refractivity contribution in [3.05, 3.63) is 59.6 Å². The van der Waals surface area contributed by atoms with Gasteiger partial charge in [-0.05, 0) is 43.5 Å². The summed E-state index contributed by atoms with van der Waals surface area (Å²) in [6.07, 6.45) is -1.61.